The van der Waals surface area contributed by atoms with Crippen molar-refractivity contribution >= 4 is 22.7 Å². The van der Waals surface area contributed by atoms with E-state index in [1.807, 2.05) is 0 Å². The molecular weight excluding hydrogens is 254 g/mol. The van der Waals surface area contributed by atoms with Crippen LogP contribution in [0.5, 0.6) is 0 Å². The summed E-state index contributed by atoms with van der Waals surface area (Å²) >= 11 is 0. The predicted octanol–water partition coefficient (Wildman–Crippen LogP) is 1.05. The minimum Gasteiger partial charge on any atom is -0.480 e. The van der Waals surface area contributed by atoms with Crippen molar-refractivity contribution in [2.45, 2.75) is 56.7 Å². The number of carbonyl (C=O) groups is 2. The number of carbonyl (C=O) groups excluding carboxylic acids is 1. The Morgan fingerprint density at radius 1 is 1.28 bits per heavy atom. The average molecular weight is 275 g/mol. The summed E-state index contributed by atoms with van der Waals surface area (Å²) in [5, 5.41) is 11.4. The first-order chi connectivity index (χ1) is 8.50. The topological polar surface area (TPSA) is 83.5 Å². The van der Waals surface area contributed by atoms with Gasteiger partial charge in [0.05, 0.1) is 5.75 Å². The molecule has 6 heteroatoms. The maximum atomic E-state index is 12.1. The standard InChI is InChI=1S/C12H21NO4S/c1-9(14)13-11(12(15)16)8-18(17)10-6-4-2-3-5-7-10/h10-11H,2-8H2,1H3,(H,13,14)(H,15,16). The quantitative estimate of drug-likeness (QED) is 0.735. The van der Waals surface area contributed by atoms with E-state index in [-0.39, 0.29) is 11.0 Å². The van der Waals surface area contributed by atoms with Gasteiger partial charge in [0.1, 0.15) is 6.04 Å². The van der Waals surface area contributed by atoms with E-state index in [0.717, 1.165) is 25.7 Å². The Kier molecular flexibility index (Phi) is 6.32. The molecule has 0 radical (unpaired) electrons. The normalized spacial score (nSPS) is 20.7. The second-order valence-electron chi connectivity index (χ2n) is 4.75. The summed E-state index contributed by atoms with van der Waals surface area (Å²) in [6.07, 6.45) is 6.27. The molecular formula is C12H21NO4S. The van der Waals surface area contributed by atoms with Gasteiger partial charge in [0, 0.05) is 23.0 Å². The fourth-order valence-electron chi connectivity index (χ4n) is 2.23. The van der Waals surface area contributed by atoms with Crippen molar-refractivity contribution in [2.24, 2.45) is 0 Å². The third kappa shape index (κ3) is 5.16. The molecule has 5 nitrogen and oxygen atoms in total. The lowest BCUT2D eigenvalue weighted by Gasteiger charge is -2.18. The van der Waals surface area contributed by atoms with Crippen LogP contribution in [0.15, 0.2) is 0 Å². The second kappa shape index (κ2) is 7.51. The number of hydrogen-bond donors (Lipinski definition) is 2. The number of rotatable bonds is 5. The van der Waals surface area contributed by atoms with Gasteiger partial charge >= 0.3 is 5.97 Å². The molecule has 104 valence electrons. The SMILES string of the molecule is CC(=O)NC(CS(=O)C1CCCCCC1)C(=O)O. The fraction of sp³-hybridized carbons (Fsp3) is 0.833. The van der Waals surface area contributed by atoms with Crippen LogP contribution in [0.1, 0.15) is 45.4 Å². The van der Waals surface area contributed by atoms with E-state index in [9.17, 15) is 13.8 Å². The highest BCUT2D eigenvalue weighted by atomic mass is 32.2. The van der Waals surface area contributed by atoms with Crippen LogP contribution in [0.2, 0.25) is 0 Å². The van der Waals surface area contributed by atoms with Crippen LogP contribution in [0.4, 0.5) is 0 Å². The summed E-state index contributed by atoms with van der Waals surface area (Å²) in [5.74, 6) is -1.51. The predicted molar refractivity (Wildman–Crippen MR) is 69.7 cm³/mol. The largest absolute Gasteiger partial charge is 0.480 e. The maximum absolute atomic E-state index is 12.1. The van der Waals surface area contributed by atoms with Gasteiger partial charge in [-0.3, -0.25) is 9.00 Å². The van der Waals surface area contributed by atoms with Gasteiger partial charge in [-0.1, -0.05) is 25.7 Å². The van der Waals surface area contributed by atoms with Gasteiger partial charge in [-0.05, 0) is 12.8 Å². The smallest absolute Gasteiger partial charge is 0.327 e. The molecule has 2 N–H and O–H groups in total. The van der Waals surface area contributed by atoms with Crippen molar-refractivity contribution < 1.29 is 18.9 Å². The zero-order valence-electron chi connectivity index (χ0n) is 10.7. The van der Waals surface area contributed by atoms with Crippen LogP contribution in [-0.2, 0) is 20.4 Å². The lowest BCUT2D eigenvalue weighted by molar-refractivity contribution is -0.140. The van der Waals surface area contributed by atoms with Crippen LogP contribution in [0.3, 0.4) is 0 Å². The van der Waals surface area contributed by atoms with E-state index in [1.165, 1.54) is 19.8 Å². The molecule has 1 fully saturated rings. The van der Waals surface area contributed by atoms with E-state index < -0.39 is 28.7 Å². The Balaban J connectivity index is 2.53. The molecule has 0 spiro atoms. The Hall–Kier alpha value is -0.910. The fourth-order valence-corrected chi connectivity index (χ4v) is 3.91. The van der Waals surface area contributed by atoms with Crippen molar-refractivity contribution in [3.05, 3.63) is 0 Å². The molecule has 0 heterocycles. The highest BCUT2D eigenvalue weighted by molar-refractivity contribution is 7.85. The molecule has 1 saturated carbocycles. The molecule has 18 heavy (non-hydrogen) atoms. The summed E-state index contributed by atoms with van der Waals surface area (Å²) in [5.41, 5.74) is 0. The van der Waals surface area contributed by atoms with Crippen LogP contribution >= 0.6 is 0 Å². The van der Waals surface area contributed by atoms with Crippen molar-refractivity contribution in [1.29, 1.82) is 0 Å². The van der Waals surface area contributed by atoms with Gasteiger partial charge in [-0.25, -0.2) is 4.79 Å². The van der Waals surface area contributed by atoms with Gasteiger partial charge in [0.15, 0.2) is 0 Å². The first-order valence-electron chi connectivity index (χ1n) is 6.37. The molecule has 1 amide bonds. The molecule has 0 aromatic heterocycles. The zero-order valence-corrected chi connectivity index (χ0v) is 11.5. The van der Waals surface area contributed by atoms with Gasteiger partial charge in [0.2, 0.25) is 5.91 Å². The van der Waals surface area contributed by atoms with Gasteiger partial charge in [-0.15, -0.1) is 0 Å². The van der Waals surface area contributed by atoms with E-state index >= 15 is 0 Å². The van der Waals surface area contributed by atoms with E-state index in [1.54, 1.807) is 0 Å². The van der Waals surface area contributed by atoms with Crippen molar-refractivity contribution in [3.63, 3.8) is 0 Å². The highest BCUT2D eigenvalue weighted by Gasteiger charge is 2.26. The summed E-state index contributed by atoms with van der Waals surface area (Å²) in [4.78, 5) is 21.9. The lowest BCUT2D eigenvalue weighted by Crippen LogP contribution is -2.44. The molecule has 1 aliphatic carbocycles. The molecule has 0 saturated heterocycles. The molecule has 1 aliphatic rings. The van der Waals surface area contributed by atoms with Crippen molar-refractivity contribution in [1.82, 2.24) is 5.32 Å². The molecule has 1 rings (SSSR count). The molecule has 0 aromatic rings. The van der Waals surface area contributed by atoms with E-state index in [0.29, 0.717) is 0 Å². The third-order valence-electron chi connectivity index (χ3n) is 3.18. The van der Waals surface area contributed by atoms with Crippen LogP contribution in [0, 0.1) is 0 Å². The lowest BCUT2D eigenvalue weighted by atomic mass is 10.2. The number of carboxylic acids is 1. The maximum Gasteiger partial charge on any atom is 0.327 e. The van der Waals surface area contributed by atoms with Crippen LogP contribution < -0.4 is 5.32 Å². The first kappa shape index (κ1) is 15.1. The molecule has 0 aliphatic heterocycles. The third-order valence-corrected chi connectivity index (χ3v) is 5.06. The van der Waals surface area contributed by atoms with E-state index in [2.05, 4.69) is 5.32 Å². The number of aliphatic carboxylic acids is 1. The monoisotopic (exact) mass is 275 g/mol. The average Bonchev–Trinajstić information content (AvgIpc) is 2.55. The Bertz CT molecular complexity index is 324. The molecule has 2 atom stereocenters. The summed E-state index contributed by atoms with van der Waals surface area (Å²) in [6, 6.07) is -1.04. The van der Waals surface area contributed by atoms with Crippen molar-refractivity contribution in [3.8, 4) is 0 Å². The first-order valence-corrected chi connectivity index (χ1v) is 7.76. The number of hydrogen-bond acceptors (Lipinski definition) is 3. The summed E-state index contributed by atoms with van der Waals surface area (Å²) in [6.45, 7) is 1.27. The second-order valence-corrected chi connectivity index (χ2v) is 6.51. The zero-order chi connectivity index (χ0) is 13.5. The molecule has 0 aromatic carbocycles. The Morgan fingerprint density at radius 3 is 2.28 bits per heavy atom. The number of nitrogens with one attached hydrogen (secondary N) is 1. The minimum absolute atomic E-state index is 0.0135. The Morgan fingerprint density at radius 2 is 1.83 bits per heavy atom. The van der Waals surface area contributed by atoms with Crippen LogP contribution in [0.25, 0.3) is 0 Å². The summed E-state index contributed by atoms with van der Waals surface area (Å²) in [7, 11) is -1.18. The molecule has 0 bridgehead atoms. The number of carboxylic acid groups (broad SMARTS) is 1. The Labute approximate surface area is 110 Å². The number of amides is 1. The summed E-state index contributed by atoms with van der Waals surface area (Å²) < 4.78 is 12.1. The van der Waals surface area contributed by atoms with Crippen LogP contribution in [-0.4, -0.2) is 38.2 Å². The van der Waals surface area contributed by atoms with Gasteiger partial charge < -0.3 is 10.4 Å². The van der Waals surface area contributed by atoms with Crippen molar-refractivity contribution in [2.75, 3.05) is 5.75 Å². The van der Waals surface area contributed by atoms with E-state index in [4.69, 9.17) is 5.11 Å². The van der Waals surface area contributed by atoms with Gasteiger partial charge in [-0.2, -0.15) is 0 Å². The van der Waals surface area contributed by atoms with Gasteiger partial charge in [0.25, 0.3) is 0 Å². The minimum atomic E-state index is -1.18. The highest BCUT2D eigenvalue weighted by Crippen LogP contribution is 2.21. The molecule has 2 unspecified atom stereocenters.